The van der Waals surface area contributed by atoms with Crippen molar-refractivity contribution in [2.45, 2.75) is 13.5 Å². The number of aromatic nitrogens is 4. The molecule has 2 aromatic rings. The summed E-state index contributed by atoms with van der Waals surface area (Å²) in [6.07, 6.45) is 1.58. The highest BCUT2D eigenvalue weighted by atomic mass is 32.1. The summed E-state index contributed by atoms with van der Waals surface area (Å²) >= 11 is 1.11. The van der Waals surface area contributed by atoms with Crippen LogP contribution in [0.4, 0.5) is 10.8 Å². The van der Waals surface area contributed by atoms with Gasteiger partial charge in [0.2, 0.25) is 0 Å². The molecule has 0 aliphatic rings. The van der Waals surface area contributed by atoms with Gasteiger partial charge in [-0.3, -0.25) is 0 Å². The van der Waals surface area contributed by atoms with Crippen molar-refractivity contribution in [3.05, 3.63) is 27.6 Å². The highest BCUT2D eigenvalue weighted by Crippen LogP contribution is 2.19. The molecule has 0 aliphatic carbocycles. The van der Waals surface area contributed by atoms with Gasteiger partial charge in [0.1, 0.15) is 17.2 Å². The Bertz CT molecular complexity index is 548. The molecule has 0 atom stereocenters. The Morgan fingerprint density at radius 2 is 2.47 bits per heavy atom. The fourth-order valence-electron chi connectivity index (χ4n) is 1.35. The van der Waals surface area contributed by atoms with Crippen molar-refractivity contribution in [2.75, 3.05) is 5.43 Å². The Morgan fingerprint density at radius 3 is 3.06 bits per heavy atom. The highest BCUT2D eigenvalue weighted by molar-refractivity contribution is 7.10. The molecule has 17 heavy (non-hydrogen) atoms. The summed E-state index contributed by atoms with van der Waals surface area (Å²) in [7, 11) is 0. The van der Waals surface area contributed by atoms with Crippen LogP contribution in [0.15, 0.2) is 6.20 Å². The third-order valence-corrected chi connectivity index (χ3v) is 2.79. The number of hydrogen-bond donors (Lipinski definition) is 2. The van der Waals surface area contributed by atoms with Crippen LogP contribution < -0.4 is 11.3 Å². The van der Waals surface area contributed by atoms with Gasteiger partial charge < -0.3 is 15.5 Å². The third-order valence-electron chi connectivity index (χ3n) is 2.09. The van der Waals surface area contributed by atoms with E-state index in [0.717, 1.165) is 11.5 Å². The molecule has 0 aliphatic heterocycles. The Kier molecular flexibility index (Phi) is 2.97. The minimum Gasteiger partial charge on any atom is -0.358 e. The molecule has 0 unspecified atom stereocenters. The molecule has 0 fully saturated rings. The number of hydrazine groups is 1. The van der Waals surface area contributed by atoms with Gasteiger partial charge in [-0.25, -0.2) is 5.84 Å². The Balaban J connectivity index is 2.25. The third kappa shape index (κ3) is 2.21. The first-order valence-corrected chi connectivity index (χ1v) is 5.35. The van der Waals surface area contributed by atoms with Gasteiger partial charge in [-0.1, -0.05) is 4.49 Å². The van der Waals surface area contributed by atoms with Crippen LogP contribution >= 0.6 is 11.5 Å². The average Bonchev–Trinajstić information content (AvgIpc) is 2.85. The van der Waals surface area contributed by atoms with Gasteiger partial charge in [0.25, 0.3) is 0 Å². The van der Waals surface area contributed by atoms with Gasteiger partial charge in [-0.15, -0.1) is 5.10 Å². The molecule has 9 nitrogen and oxygen atoms in total. The maximum absolute atomic E-state index is 10.6. The highest BCUT2D eigenvalue weighted by Gasteiger charge is 2.18. The molecule has 2 heterocycles. The van der Waals surface area contributed by atoms with Crippen LogP contribution in [0.2, 0.25) is 0 Å². The Morgan fingerprint density at radius 1 is 1.71 bits per heavy atom. The zero-order valence-electron chi connectivity index (χ0n) is 8.82. The number of hydrogen-bond acceptors (Lipinski definition) is 8. The largest absolute Gasteiger partial charge is 0.392 e. The van der Waals surface area contributed by atoms with Gasteiger partial charge in [-0.2, -0.15) is 4.68 Å². The van der Waals surface area contributed by atoms with E-state index in [0.29, 0.717) is 16.3 Å². The van der Waals surface area contributed by atoms with Crippen molar-refractivity contribution in [3.63, 3.8) is 0 Å². The number of nitrogens with two attached hydrogens (primary N) is 1. The van der Waals surface area contributed by atoms with E-state index in [-0.39, 0.29) is 12.4 Å². The molecular formula is C7H9N7O2S. The number of nitro groups is 1. The second-order valence-electron chi connectivity index (χ2n) is 3.28. The predicted octanol–water partition coefficient (Wildman–Crippen LogP) is 0.285. The lowest BCUT2D eigenvalue weighted by molar-refractivity contribution is -0.390. The number of anilines is 1. The lowest BCUT2D eigenvalue weighted by Gasteiger charge is -1.96. The van der Waals surface area contributed by atoms with E-state index in [2.05, 4.69) is 20.1 Å². The summed E-state index contributed by atoms with van der Waals surface area (Å²) in [5, 5.41) is 19.0. The van der Waals surface area contributed by atoms with E-state index in [9.17, 15) is 10.1 Å². The van der Waals surface area contributed by atoms with Gasteiger partial charge in [0.05, 0.1) is 16.9 Å². The fourth-order valence-corrected chi connectivity index (χ4v) is 1.83. The van der Waals surface area contributed by atoms with Gasteiger partial charge in [0.15, 0.2) is 0 Å². The lowest BCUT2D eigenvalue weighted by Crippen LogP contribution is -2.09. The lowest BCUT2D eigenvalue weighted by atomic mass is 10.4. The van der Waals surface area contributed by atoms with E-state index in [1.807, 2.05) is 0 Å². The van der Waals surface area contributed by atoms with Crippen LogP contribution in [0.5, 0.6) is 0 Å². The summed E-state index contributed by atoms with van der Waals surface area (Å²) in [5.74, 6) is 5.12. The number of rotatable bonds is 4. The van der Waals surface area contributed by atoms with Crippen LogP contribution in [-0.2, 0) is 6.54 Å². The number of nitrogens with one attached hydrogen (secondary N) is 1. The SMILES string of the molecule is Cc1cn(Cc2nnsc2NN)nc1[N+](=O)[O-]. The van der Waals surface area contributed by atoms with Crippen LogP contribution in [0.3, 0.4) is 0 Å². The molecule has 0 bridgehead atoms. The zero-order chi connectivity index (χ0) is 12.4. The van der Waals surface area contributed by atoms with Gasteiger partial charge in [0, 0.05) is 11.5 Å². The zero-order valence-corrected chi connectivity index (χ0v) is 9.64. The van der Waals surface area contributed by atoms with Crippen molar-refractivity contribution in [2.24, 2.45) is 5.84 Å². The minimum absolute atomic E-state index is 0.157. The second-order valence-corrected chi connectivity index (χ2v) is 4.04. The maximum Gasteiger partial charge on any atom is 0.392 e. The molecule has 0 radical (unpaired) electrons. The molecule has 3 N–H and O–H groups in total. The molecular weight excluding hydrogens is 246 g/mol. The molecule has 2 aromatic heterocycles. The van der Waals surface area contributed by atoms with E-state index in [1.54, 1.807) is 13.1 Å². The Hall–Kier alpha value is -2.07. The Labute approximate surface area is 99.5 Å². The van der Waals surface area contributed by atoms with E-state index in [1.165, 1.54) is 4.68 Å². The van der Waals surface area contributed by atoms with E-state index in [4.69, 9.17) is 5.84 Å². The summed E-state index contributed by atoms with van der Waals surface area (Å²) in [6, 6.07) is 0. The van der Waals surface area contributed by atoms with Crippen molar-refractivity contribution in [1.29, 1.82) is 0 Å². The standard InChI is InChI=1S/C7H9N7O2S/c1-4-2-13(11-6(4)14(15)16)3-5-7(9-8)17-12-10-5/h2,9H,3,8H2,1H3. The second kappa shape index (κ2) is 4.43. The first-order valence-electron chi connectivity index (χ1n) is 4.58. The summed E-state index contributed by atoms with van der Waals surface area (Å²) in [6.45, 7) is 1.91. The van der Waals surface area contributed by atoms with Crippen LogP contribution in [-0.4, -0.2) is 24.3 Å². The van der Waals surface area contributed by atoms with Crippen LogP contribution in [0.1, 0.15) is 11.3 Å². The summed E-state index contributed by atoms with van der Waals surface area (Å²) in [5.41, 5.74) is 3.55. The molecule has 0 amide bonds. The van der Waals surface area contributed by atoms with Gasteiger partial charge >= 0.3 is 5.82 Å². The molecule has 90 valence electrons. The quantitative estimate of drug-likeness (QED) is 0.456. The first kappa shape index (κ1) is 11.4. The van der Waals surface area contributed by atoms with Crippen LogP contribution in [0, 0.1) is 17.0 Å². The van der Waals surface area contributed by atoms with Crippen LogP contribution in [0.25, 0.3) is 0 Å². The minimum atomic E-state index is -0.521. The van der Waals surface area contributed by atoms with Crippen molar-refractivity contribution < 1.29 is 4.92 Å². The fraction of sp³-hybridized carbons (Fsp3) is 0.286. The molecule has 0 saturated heterocycles. The first-order chi connectivity index (χ1) is 8.11. The van der Waals surface area contributed by atoms with Gasteiger partial charge in [-0.05, 0) is 11.8 Å². The topological polar surface area (TPSA) is 125 Å². The molecule has 0 spiro atoms. The van der Waals surface area contributed by atoms with E-state index >= 15 is 0 Å². The molecule has 0 aromatic carbocycles. The normalized spacial score (nSPS) is 10.5. The number of aryl methyl sites for hydroxylation is 1. The molecule has 0 saturated carbocycles. The molecule has 2 rings (SSSR count). The number of nitrogen functional groups attached to an aromatic ring is 1. The number of nitrogens with zero attached hydrogens (tertiary/aromatic N) is 5. The van der Waals surface area contributed by atoms with Crippen molar-refractivity contribution >= 4 is 22.4 Å². The van der Waals surface area contributed by atoms with Crippen molar-refractivity contribution in [1.82, 2.24) is 19.4 Å². The smallest absolute Gasteiger partial charge is 0.358 e. The average molecular weight is 255 g/mol. The van der Waals surface area contributed by atoms with E-state index < -0.39 is 4.92 Å². The van der Waals surface area contributed by atoms with Crippen molar-refractivity contribution in [3.8, 4) is 0 Å². The monoisotopic (exact) mass is 255 g/mol. The predicted molar refractivity (Wildman–Crippen MR) is 60.4 cm³/mol. The summed E-state index contributed by atoms with van der Waals surface area (Å²) in [4.78, 5) is 10.1. The maximum atomic E-state index is 10.6. The molecule has 10 heteroatoms. The summed E-state index contributed by atoms with van der Waals surface area (Å²) < 4.78 is 5.16.